The molecule has 3 aromatic rings. The summed E-state index contributed by atoms with van der Waals surface area (Å²) in [5.74, 6) is 0. The van der Waals surface area contributed by atoms with Gasteiger partial charge in [-0.15, -0.1) is 0 Å². The van der Waals surface area contributed by atoms with Crippen molar-refractivity contribution in [1.29, 1.82) is 0 Å². The van der Waals surface area contributed by atoms with Crippen LogP contribution in [0.4, 0.5) is 4.79 Å². The Balaban J connectivity index is 2.00. The predicted molar refractivity (Wildman–Crippen MR) is 147 cm³/mol. The van der Waals surface area contributed by atoms with Gasteiger partial charge in [-0.2, -0.15) is 8.42 Å². The largest absolute Gasteiger partial charge is 0.444 e. The van der Waals surface area contributed by atoms with Gasteiger partial charge < -0.3 is 9.64 Å². The Hall–Kier alpha value is -2.00. The molecule has 0 aromatic heterocycles. The molecule has 0 fully saturated rings. The lowest BCUT2D eigenvalue weighted by Gasteiger charge is -2.30. The van der Waals surface area contributed by atoms with Gasteiger partial charge in [0.25, 0.3) is 10.1 Å². The van der Waals surface area contributed by atoms with Crippen molar-refractivity contribution in [2.75, 3.05) is 6.54 Å². The van der Waals surface area contributed by atoms with Crippen LogP contribution in [-0.4, -0.2) is 31.6 Å². The normalized spacial score (nSPS) is 12.7. The van der Waals surface area contributed by atoms with Crippen molar-refractivity contribution < 1.29 is 22.1 Å². The Morgan fingerprint density at radius 3 is 2.19 bits per heavy atom. The second-order valence-electron chi connectivity index (χ2n) is 9.11. The molecule has 1 unspecified atom stereocenters. The molecule has 0 N–H and O–H groups in total. The number of ether oxygens (including phenoxy) is 1. The quantitative estimate of drug-likeness (QED) is 0.242. The molecular formula is C26H25Cl4NO5S. The zero-order chi connectivity index (χ0) is 27.4. The van der Waals surface area contributed by atoms with E-state index in [1.807, 2.05) is 0 Å². The highest BCUT2D eigenvalue weighted by Gasteiger charge is 2.31. The van der Waals surface area contributed by atoms with Crippen LogP contribution in [0.5, 0.6) is 0 Å². The topological polar surface area (TPSA) is 72.9 Å². The van der Waals surface area contributed by atoms with Gasteiger partial charge in [0, 0.05) is 6.54 Å². The smallest absolute Gasteiger partial charge is 0.410 e. The van der Waals surface area contributed by atoms with E-state index in [0.29, 0.717) is 21.2 Å². The van der Waals surface area contributed by atoms with Crippen molar-refractivity contribution >= 4 is 62.6 Å². The Labute approximate surface area is 237 Å². The summed E-state index contributed by atoms with van der Waals surface area (Å²) in [5, 5.41) is 0.593. The number of carbonyl (C=O) groups excluding carboxylic acids is 1. The number of benzene rings is 3. The molecule has 6 nitrogen and oxygen atoms in total. The van der Waals surface area contributed by atoms with Crippen LogP contribution >= 0.6 is 46.4 Å². The van der Waals surface area contributed by atoms with Gasteiger partial charge in [-0.1, -0.05) is 88.9 Å². The Morgan fingerprint density at radius 2 is 1.57 bits per heavy atom. The van der Waals surface area contributed by atoms with Crippen molar-refractivity contribution in [3.8, 4) is 0 Å². The zero-order valence-electron chi connectivity index (χ0n) is 20.3. The minimum atomic E-state index is -4.39. The molecule has 198 valence electrons. The van der Waals surface area contributed by atoms with Crippen LogP contribution < -0.4 is 0 Å². The third-order valence-electron chi connectivity index (χ3n) is 5.00. The van der Waals surface area contributed by atoms with Crippen LogP contribution in [-0.2, 0) is 25.6 Å². The molecule has 0 saturated heterocycles. The number of carbonyl (C=O) groups is 1. The number of halogens is 4. The standard InChI is InChI=1S/C26H25Cl4NO5S/c1-26(2,3)35-25(32)31(15-17-12-13-19(27)21(29)14-17)16-22(18-8-5-4-6-9-18)36-37(33,34)23-11-7-10-20(28)24(23)30/h4-14,22H,15-16H2,1-3H3. The SMILES string of the molecule is CC(C)(C)OC(=O)N(Cc1ccc(Cl)c(Cl)c1)CC(OS(=O)(=O)c1cccc(Cl)c1Cl)c1ccccc1. The van der Waals surface area contributed by atoms with Crippen LogP contribution in [0, 0.1) is 0 Å². The van der Waals surface area contributed by atoms with E-state index in [4.69, 9.17) is 55.3 Å². The van der Waals surface area contributed by atoms with E-state index >= 15 is 0 Å². The zero-order valence-corrected chi connectivity index (χ0v) is 24.1. The highest BCUT2D eigenvalue weighted by molar-refractivity contribution is 7.87. The Morgan fingerprint density at radius 1 is 0.892 bits per heavy atom. The van der Waals surface area contributed by atoms with E-state index in [2.05, 4.69) is 0 Å². The molecule has 0 aliphatic heterocycles. The van der Waals surface area contributed by atoms with E-state index in [0.717, 1.165) is 0 Å². The number of amides is 1. The third-order valence-corrected chi connectivity index (χ3v) is 8.03. The lowest BCUT2D eigenvalue weighted by atomic mass is 10.1. The summed E-state index contributed by atoms with van der Waals surface area (Å²) in [6.07, 6.45) is -1.77. The molecule has 0 heterocycles. The lowest BCUT2D eigenvalue weighted by Crippen LogP contribution is -2.39. The van der Waals surface area contributed by atoms with Gasteiger partial charge in [-0.05, 0) is 56.2 Å². The van der Waals surface area contributed by atoms with E-state index in [1.54, 1.807) is 69.3 Å². The maximum atomic E-state index is 13.3. The molecule has 1 atom stereocenters. The molecule has 0 bridgehead atoms. The monoisotopic (exact) mass is 603 g/mol. The Kier molecular flexibility index (Phi) is 9.78. The summed E-state index contributed by atoms with van der Waals surface area (Å²) in [6, 6.07) is 17.8. The molecule has 0 saturated carbocycles. The molecule has 0 radical (unpaired) electrons. The average Bonchev–Trinajstić information content (AvgIpc) is 2.81. The fraction of sp³-hybridized carbons (Fsp3) is 0.269. The van der Waals surface area contributed by atoms with Crippen LogP contribution in [0.15, 0.2) is 71.6 Å². The molecular weight excluding hydrogens is 580 g/mol. The van der Waals surface area contributed by atoms with E-state index < -0.39 is 27.9 Å². The van der Waals surface area contributed by atoms with Gasteiger partial charge >= 0.3 is 6.09 Å². The molecule has 1 amide bonds. The number of hydrogen-bond acceptors (Lipinski definition) is 5. The molecule has 11 heteroatoms. The van der Waals surface area contributed by atoms with Crippen LogP contribution in [0.3, 0.4) is 0 Å². The summed E-state index contributed by atoms with van der Waals surface area (Å²) in [6.45, 7) is 5.09. The minimum Gasteiger partial charge on any atom is -0.444 e. The molecule has 0 spiro atoms. The summed E-state index contributed by atoms with van der Waals surface area (Å²) >= 11 is 24.4. The highest BCUT2D eigenvalue weighted by Crippen LogP contribution is 2.33. The first kappa shape index (κ1) is 29.6. The molecule has 37 heavy (non-hydrogen) atoms. The average molecular weight is 605 g/mol. The summed E-state index contributed by atoms with van der Waals surface area (Å²) < 4.78 is 37.8. The second kappa shape index (κ2) is 12.2. The van der Waals surface area contributed by atoms with Crippen LogP contribution in [0.1, 0.15) is 38.0 Å². The third kappa shape index (κ3) is 8.24. The van der Waals surface area contributed by atoms with Crippen molar-refractivity contribution in [3.63, 3.8) is 0 Å². The lowest BCUT2D eigenvalue weighted by molar-refractivity contribution is 0.0151. The van der Waals surface area contributed by atoms with Gasteiger partial charge in [0.15, 0.2) is 0 Å². The first-order chi connectivity index (χ1) is 17.3. The number of nitrogens with zero attached hydrogens (tertiary/aromatic N) is 1. The first-order valence-corrected chi connectivity index (χ1v) is 14.0. The predicted octanol–water partition coefficient (Wildman–Crippen LogP) is 8.18. The van der Waals surface area contributed by atoms with E-state index in [-0.39, 0.29) is 28.0 Å². The van der Waals surface area contributed by atoms with Gasteiger partial charge in [0.05, 0.1) is 26.6 Å². The first-order valence-electron chi connectivity index (χ1n) is 11.1. The van der Waals surface area contributed by atoms with Crippen molar-refractivity contribution in [3.05, 3.63) is 97.9 Å². The minimum absolute atomic E-state index is 0.0520. The summed E-state index contributed by atoms with van der Waals surface area (Å²) in [5.41, 5.74) is 0.385. The fourth-order valence-corrected chi connectivity index (χ4v) is 5.45. The molecule has 0 aliphatic rings. The highest BCUT2D eigenvalue weighted by atomic mass is 35.5. The Bertz CT molecular complexity index is 1360. The maximum Gasteiger partial charge on any atom is 0.410 e. The van der Waals surface area contributed by atoms with Gasteiger partial charge in [-0.25, -0.2) is 4.79 Å². The van der Waals surface area contributed by atoms with Gasteiger partial charge in [0.2, 0.25) is 0 Å². The molecule has 0 aliphatic carbocycles. The van der Waals surface area contributed by atoms with Crippen LogP contribution in [0.25, 0.3) is 0 Å². The second-order valence-corrected chi connectivity index (χ2v) is 12.3. The van der Waals surface area contributed by atoms with Gasteiger partial charge in [-0.3, -0.25) is 4.18 Å². The number of rotatable bonds is 8. The number of hydrogen-bond donors (Lipinski definition) is 0. The van der Waals surface area contributed by atoms with Crippen LogP contribution in [0.2, 0.25) is 20.1 Å². The maximum absolute atomic E-state index is 13.3. The summed E-state index contributed by atoms with van der Waals surface area (Å²) in [7, 11) is -4.39. The van der Waals surface area contributed by atoms with E-state index in [1.165, 1.54) is 23.1 Å². The van der Waals surface area contributed by atoms with Crippen molar-refractivity contribution in [2.24, 2.45) is 0 Å². The fourth-order valence-electron chi connectivity index (χ4n) is 3.33. The molecule has 3 rings (SSSR count). The van der Waals surface area contributed by atoms with Crippen molar-refractivity contribution in [2.45, 2.75) is 43.9 Å². The summed E-state index contributed by atoms with van der Waals surface area (Å²) in [4.78, 5) is 14.3. The van der Waals surface area contributed by atoms with E-state index in [9.17, 15) is 13.2 Å². The van der Waals surface area contributed by atoms with Crippen molar-refractivity contribution in [1.82, 2.24) is 4.90 Å². The van der Waals surface area contributed by atoms with Gasteiger partial charge in [0.1, 0.15) is 16.6 Å². The molecule has 3 aromatic carbocycles.